The number of anilines is 1. The molecule has 6 heteroatoms. The van der Waals surface area contributed by atoms with Crippen LogP contribution in [-0.2, 0) is 9.59 Å². The van der Waals surface area contributed by atoms with Crippen molar-refractivity contribution in [1.82, 2.24) is 5.32 Å². The lowest BCUT2D eigenvalue weighted by Crippen LogP contribution is -2.39. The lowest BCUT2D eigenvalue weighted by atomic mass is 10.1. The molecule has 2 N–H and O–H groups in total. The van der Waals surface area contributed by atoms with Gasteiger partial charge >= 0.3 is 0 Å². The Morgan fingerprint density at radius 3 is 2.64 bits per heavy atom. The van der Waals surface area contributed by atoms with Gasteiger partial charge in [-0.15, -0.1) is 0 Å². The topological polar surface area (TPSA) is 69.6 Å². The van der Waals surface area contributed by atoms with Gasteiger partial charge in [-0.3, -0.25) is 9.59 Å². The first kappa shape index (κ1) is 16.8. The first-order valence-electron chi connectivity index (χ1n) is 7.40. The minimum absolute atomic E-state index is 0.0770. The van der Waals surface area contributed by atoms with Crippen molar-refractivity contribution in [2.24, 2.45) is 11.8 Å². The maximum Gasteiger partial charge on any atom is 0.227 e. The lowest BCUT2D eigenvalue weighted by molar-refractivity contribution is -0.126. The third-order valence-electron chi connectivity index (χ3n) is 3.89. The van der Waals surface area contributed by atoms with Gasteiger partial charge in [-0.25, -0.2) is 0 Å². The van der Waals surface area contributed by atoms with E-state index >= 15 is 0 Å². The highest BCUT2D eigenvalue weighted by atomic mass is 35.5. The molecule has 0 bridgehead atoms. The van der Waals surface area contributed by atoms with Gasteiger partial charge in [0.05, 0.1) is 12.0 Å². The van der Waals surface area contributed by atoms with E-state index in [1.807, 2.05) is 13.8 Å². The van der Waals surface area contributed by atoms with E-state index in [1.54, 1.807) is 29.2 Å². The molecule has 120 valence electrons. The summed E-state index contributed by atoms with van der Waals surface area (Å²) in [7, 11) is 0. The molecule has 0 saturated carbocycles. The molecule has 1 aromatic carbocycles. The zero-order valence-corrected chi connectivity index (χ0v) is 13.5. The summed E-state index contributed by atoms with van der Waals surface area (Å²) in [6, 6.07) is 6.97. The molecule has 0 aliphatic carbocycles. The molecule has 2 amide bonds. The lowest BCUT2D eigenvalue weighted by Gasteiger charge is -2.18. The highest BCUT2D eigenvalue weighted by Gasteiger charge is 2.35. The van der Waals surface area contributed by atoms with Crippen LogP contribution in [0.4, 0.5) is 5.69 Å². The van der Waals surface area contributed by atoms with Crippen molar-refractivity contribution in [3.8, 4) is 0 Å². The summed E-state index contributed by atoms with van der Waals surface area (Å²) >= 11 is 5.84. The number of aliphatic hydroxyl groups is 1. The van der Waals surface area contributed by atoms with Crippen LogP contribution in [0.1, 0.15) is 20.3 Å². The third kappa shape index (κ3) is 3.99. The molecule has 1 aliphatic rings. The van der Waals surface area contributed by atoms with Gasteiger partial charge in [0, 0.05) is 30.2 Å². The summed E-state index contributed by atoms with van der Waals surface area (Å²) in [5, 5.41) is 13.0. The average Bonchev–Trinajstić information content (AvgIpc) is 2.87. The summed E-state index contributed by atoms with van der Waals surface area (Å²) in [5.74, 6) is -0.574. The zero-order chi connectivity index (χ0) is 16.3. The predicted molar refractivity (Wildman–Crippen MR) is 85.8 cm³/mol. The van der Waals surface area contributed by atoms with Crippen molar-refractivity contribution in [3.05, 3.63) is 29.3 Å². The molecule has 0 radical (unpaired) electrons. The van der Waals surface area contributed by atoms with Crippen molar-refractivity contribution in [3.63, 3.8) is 0 Å². The maximum absolute atomic E-state index is 12.1. The Morgan fingerprint density at radius 2 is 2.05 bits per heavy atom. The summed E-state index contributed by atoms with van der Waals surface area (Å²) < 4.78 is 0. The highest BCUT2D eigenvalue weighted by molar-refractivity contribution is 6.30. The maximum atomic E-state index is 12.1. The fraction of sp³-hybridized carbons (Fsp3) is 0.500. The second kappa shape index (κ2) is 7.11. The molecule has 1 aromatic rings. The monoisotopic (exact) mass is 324 g/mol. The highest BCUT2D eigenvalue weighted by Crippen LogP contribution is 2.26. The van der Waals surface area contributed by atoms with Crippen LogP contribution < -0.4 is 10.2 Å². The van der Waals surface area contributed by atoms with Gasteiger partial charge in [0.1, 0.15) is 0 Å². The predicted octanol–water partition coefficient (Wildman–Crippen LogP) is 1.83. The quantitative estimate of drug-likeness (QED) is 0.868. The number of rotatable bonds is 5. The largest absolute Gasteiger partial charge is 0.391 e. The number of nitrogens with one attached hydrogen (secondary N) is 1. The first-order valence-corrected chi connectivity index (χ1v) is 7.78. The Kier molecular flexibility index (Phi) is 5.42. The van der Waals surface area contributed by atoms with Crippen LogP contribution in [0.5, 0.6) is 0 Å². The standard InChI is InChI=1S/C16H21ClN2O3/c1-10(2)14(20)8-18-16(22)11-7-15(21)19(9-11)13-5-3-12(17)4-6-13/h3-6,10-11,14,20H,7-9H2,1-2H3,(H,18,22). The molecule has 1 heterocycles. The second-order valence-electron chi connectivity index (χ2n) is 5.94. The minimum Gasteiger partial charge on any atom is -0.391 e. The zero-order valence-electron chi connectivity index (χ0n) is 12.8. The molecule has 5 nitrogen and oxygen atoms in total. The molecular formula is C16H21ClN2O3. The fourth-order valence-corrected chi connectivity index (χ4v) is 2.46. The molecule has 2 unspecified atom stereocenters. The van der Waals surface area contributed by atoms with E-state index in [2.05, 4.69) is 5.32 Å². The minimum atomic E-state index is -0.576. The van der Waals surface area contributed by atoms with E-state index in [9.17, 15) is 14.7 Å². The number of aliphatic hydroxyl groups excluding tert-OH is 1. The summed E-state index contributed by atoms with van der Waals surface area (Å²) in [5.41, 5.74) is 0.743. The van der Waals surface area contributed by atoms with Crippen LogP contribution in [0.15, 0.2) is 24.3 Å². The molecule has 2 atom stereocenters. The number of hydrogen-bond acceptors (Lipinski definition) is 3. The summed E-state index contributed by atoms with van der Waals surface area (Å²) in [6.07, 6.45) is -0.389. The van der Waals surface area contributed by atoms with Gasteiger partial charge in [-0.2, -0.15) is 0 Å². The molecule has 22 heavy (non-hydrogen) atoms. The fourth-order valence-electron chi connectivity index (χ4n) is 2.34. The average molecular weight is 325 g/mol. The van der Waals surface area contributed by atoms with Crippen molar-refractivity contribution in [2.75, 3.05) is 18.0 Å². The summed E-state index contributed by atoms with van der Waals surface area (Å²) in [6.45, 7) is 4.34. The number of carbonyl (C=O) groups excluding carboxylic acids is 2. The van der Waals surface area contributed by atoms with E-state index in [0.29, 0.717) is 11.6 Å². The van der Waals surface area contributed by atoms with Gasteiger partial charge in [0.15, 0.2) is 0 Å². The molecular weight excluding hydrogens is 304 g/mol. The molecule has 1 fully saturated rings. The third-order valence-corrected chi connectivity index (χ3v) is 4.14. The van der Waals surface area contributed by atoms with Gasteiger partial charge < -0.3 is 15.3 Å². The number of halogens is 1. The number of amides is 2. The number of hydrogen-bond donors (Lipinski definition) is 2. The second-order valence-corrected chi connectivity index (χ2v) is 6.37. The van der Waals surface area contributed by atoms with Gasteiger partial charge in [0.25, 0.3) is 0 Å². The van der Waals surface area contributed by atoms with Gasteiger partial charge in [0.2, 0.25) is 11.8 Å². The molecule has 1 aliphatic heterocycles. The van der Waals surface area contributed by atoms with E-state index in [1.165, 1.54) is 0 Å². The van der Waals surface area contributed by atoms with Crippen LogP contribution in [0.2, 0.25) is 5.02 Å². The van der Waals surface area contributed by atoms with Crippen LogP contribution in [0, 0.1) is 11.8 Å². The Morgan fingerprint density at radius 1 is 1.41 bits per heavy atom. The van der Waals surface area contributed by atoms with E-state index in [-0.39, 0.29) is 36.6 Å². The smallest absolute Gasteiger partial charge is 0.227 e. The Balaban J connectivity index is 1.94. The van der Waals surface area contributed by atoms with E-state index < -0.39 is 6.10 Å². The van der Waals surface area contributed by atoms with Crippen molar-refractivity contribution in [1.29, 1.82) is 0 Å². The number of nitrogens with zero attached hydrogens (tertiary/aromatic N) is 1. The summed E-state index contributed by atoms with van der Waals surface area (Å²) in [4.78, 5) is 25.8. The molecule has 2 rings (SSSR count). The van der Waals surface area contributed by atoms with Crippen LogP contribution in [0.3, 0.4) is 0 Å². The van der Waals surface area contributed by atoms with Crippen molar-refractivity contribution < 1.29 is 14.7 Å². The van der Waals surface area contributed by atoms with Crippen LogP contribution >= 0.6 is 11.6 Å². The van der Waals surface area contributed by atoms with Gasteiger partial charge in [-0.05, 0) is 30.2 Å². The van der Waals surface area contributed by atoms with E-state index in [0.717, 1.165) is 5.69 Å². The van der Waals surface area contributed by atoms with Crippen molar-refractivity contribution >= 4 is 29.1 Å². The molecule has 0 aromatic heterocycles. The van der Waals surface area contributed by atoms with Crippen LogP contribution in [0.25, 0.3) is 0 Å². The Labute approximate surface area is 135 Å². The normalized spacial score (nSPS) is 19.6. The Bertz CT molecular complexity index is 545. The SMILES string of the molecule is CC(C)C(O)CNC(=O)C1CC(=O)N(c2ccc(Cl)cc2)C1. The van der Waals surface area contributed by atoms with Crippen LogP contribution in [-0.4, -0.2) is 36.1 Å². The number of benzene rings is 1. The van der Waals surface area contributed by atoms with E-state index in [4.69, 9.17) is 11.6 Å². The Hall–Kier alpha value is -1.59. The van der Waals surface area contributed by atoms with Crippen molar-refractivity contribution in [2.45, 2.75) is 26.4 Å². The molecule has 0 spiro atoms. The number of carbonyl (C=O) groups is 2. The van der Waals surface area contributed by atoms with Gasteiger partial charge in [-0.1, -0.05) is 25.4 Å². The molecule has 1 saturated heterocycles. The first-order chi connectivity index (χ1) is 10.4.